The number of hydrogen-bond donors (Lipinski definition) is 0. The molecule has 0 saturated heterocycles. The topological polar surface area (TPSA) is 55.2 Å². The lowest BCUT2D eigenvalue weighted by atomic mass is 9.99. The van der Waals surface area contributed by atoms with Crippen molar-refractivity contribution >= 4 is 27.5 Å². The Bertz CT molecular complexity index is 1080. The zero-order chi connectivity index (χ0) is 19.7. The van der Waals surface area contributed by atoms with E-state index in [9.17, 15) is 9.59 Å². The quantitative estimate of drug-likeness (QED) is 0.610. The molecule has 0 radical (unpaired) electrons. The zero-order valence-electron chi connectivity index (χ0n) is 16.4. The third-order valence-corrected chi connectivity index (χ3v) is 6.72. The molecule has 1 amide bonds. The number of benzene rings is 1. The van der Waals surface area contributed by atoms with Crippen LogP contribution < -0.4 is 5.56 Å². The van der Waals surface area contributed by atoms with Gasteiger partial charge in [-0.05, 0) is 36.5 Å². The number of fused-ring (bicyclic) bond motifs is 2. The first kappa shape index (κ1) is 18.9. The first-order chi connectivity index (χ1) is 13.6. The van der Waals surface area contributed by atoms with Gasteiger partial charge in [-0.15, -0.1) is 11.3 Å². The molecule has 0 spiro atoms. The van der Waals surface area contributed by atoms with Crippen molar-refractivity contribution in [2.75, 3.05) is 6.54 Å². The number of unbranched alkanes of at least 4 members (excludes halogenated alkanes) is 2. The number of aromatic nitrogens is 2. The molecule has 6 heteroatoms. The van der Waals surface area contributed by atoms with Gasteiger partial charge in [-0.3, -0.25) is 14.2 Å². The number of hydrogen-bond acceptors (Lipinski definition) is 4. The van der Waals surface area contributed by atoms with Crippen LogP contribution in [0, 0.1) is 6.92 Å². The monoisotopic (exact) mass is 395 g/mol. The number of carbonyl (C=O) groups excluding carboxylic acids is 1. The molecule has 5 nitrogen and oxygen atoms in total. The molecule has 0 bridgehead atoms. The van der Waals surface area contributed by atoms with Gasteiger partial charge in [0.25, 0.3) is 11.5 Å². The summed E-state index contributed by atoms with van der Waals surface area (Å²) in [6, 6.07) is 8.28. The molecular weight excluding hydrogens is 370 g/mol. The van der Waals surface area contributed by atoms with E-state index < -0.39 is 0 Å². The van der Waals surface area contributed by atoms with Crippen molar-refractivity contribution in [3.8, 4) is 0 Å². The summed E-state index contributed by atoms with van der Waals surface area (Å²) in [7, 11) is 0. The third kappa shape index (κ3) is 3.37. The summed E-state index contributed by atoms with van der Waals surface area (Å²) in [6.07, 6.45) is 5.66. The molecule has 0 atom stereocenters. The highest BCUT2D eigenvalue weighted by atomic mass is 32.1. The molecule has 1 aromatic carbocycles. The van der Waals surface area contributed by atoms with Crippen molar-refractivity contribution in [1.29, 1.82) is 0 Å². The van der Waals surface area contributed by atoms with E-state index in [2.05, 4.69) is 24.0 Å². The van der Waals surface area contributed by atoms with Gasteiger partial charge < -0.3 is 4.90 Å². The van der Waals surface area contributed by atoms with Crippen molar-refractivity contribution in [1.82, 2.24) is 14.5 Å². The average Bonchev–Trinajstić information content (AvgIpc) is 3.06. The van der Waals surface area contributed by atoms with Crippen molar-refractivity contribution in [2.45, 2.75) is 52.6 Å². The summed E-state index contributed by atoms with van der Waals surface area (Å²) in [5.74, 6) is 0.00642. The molecule has 3 heterocycles. The van der Waals surface area contributed by atoms with Crippen LogP contribution in [-0.4, -0.2) is 26.9 Å². The summed E-state index contributed by atoms with van der Waals surface area (Å²) in [5, 5.41) is 0.602. The lowest BCUT2D eigenvalue weighted by Gasteiger charge is -2.28. The molecule has 4 rings (SSSR count). The predicted octanol–water partition coefficient (Wildman–Crippen LogP) is 4.16. The summed E-state index contributed by atoms with van der Waals surface area (Å²) in [5.41, 5.74) is 3.26. The summed E-state index contributed by atoms with van der Waals surface area (Å²) in [4.78, 5) is 33.8. The Morgan fingerprint density at radius 1 is 1.21 bits per heavy atom. The molecule has 0 unspecified atom stereocenters. The van der Waals surface area contributed by atoms with Crippen LogP contribution in [0.5, 0.6) is 0 Å². The first-order valence-corrected chi connectivity index (χ1v) is 10.8. The van der Waals surface area contributed by atoms with Crippen LogP contribution in [0.1, 0.15) is 52.5 Å². The van der Waals surface area contributed by atoms with E-state index in [4.69, 9.17) is 0 Å². The molecule has 0 saturated carbocycles. The third-order valence-electron chi connectivity index (χ3n) is 5.53. The lowest BCUT2D eigenvalue weighted by Crippen LogP contribution is -2.35. The molecule has 146 valence electrons. The predicted molar refractivity (Wildman–Crippen MR) is 113 cm³/mol. The van der Waals surface area contributed by atoms with Gasteiger partial charge in [-0.1, -0.05) is 44.0 Å². The van der Waals surface area contributed by atoms with E-state index in [-0.39, 0.29) is 11.5 Å². The second kappa shape index (κ2) is 7.87. The molecule has 0 aliphatic carbocycles. The maximum atomic E-state index is 13.2. The average molecular weight is 396 g/mol. The van der Waals surface area contributed by atoms with Gasteiger partial charge in [0.1, 0.15) is 4.83 Å². The van der Waals surface area contributed by atoms with E-state index in [0.29, 0.717) is 34.7 Å². The van der Waals surface area contributed by atoms with Gasteiger partial charge in [0, 0.05) is 19.6 Å². The van der Waals surface area contributed by atoms with E-state index in [1.807, 2.05) is 24.0 Å². The highest BCUT2D eigenvalue weighted by Gasteiger charge is 2.26. The molecule has 0 fully saturated rings. The Labute approximate surface area is 168 Å². The van der Waals surface area contributed by atoms with Crippen LogP contribution in [0.2, 0.25) is 0 Å². The van der Waals surface area contributed by atoms with Gasteiger partial charge in [-0.25, -0.2) is 4.98 Å². The summed E-state index contributed by atoms with van der Waals surface area (Å²) >= 11 is 1.34. The zero-order valence-corrected chi connectivity index (χ0v) is 17.2. The van der Waals surface area contributed by atoms with Crippen molar-refractivity contribution < 1.29 is 4.79 Å². The van der Waals surface area contributed by atoms with E-state index >= 15 is 0 Å². The van der Waals surface area contributed by atoms with E-state index in [1.165, 1.54) is 22.5 Å². The molecule has 28 heavy (non-hydrogen) atoms. The largest absolute Gasteiger partial charge is 0.333 e. The van der Waals surface area contributed by atoms with Crippen molar-refractivity contribution in [3.63, 3.8) is 0 Å². The summed E-state index contributed by atoms with van der Waals surface area (Å²) in [6.45, 7) is 6.03. The number of amides is 1. The number of aryl methyl sites for hydroxylation is 2. The molecular formula is C22H25N3O2S. The number of nitrogens with zero attached hydrogens (tertiary/aromatic N) is 3. The smallest absolute Gasteiger partial charge is 0.264 e. The molecule has 1 aliphatic heterocycles. The van der Waals surface area contributed by atoms with E-state index in [0.717, 1.165) is 31.2 Å². The fourth-order valence-electron chi connectivity index (χ4n) is 3.87. The van der Waals surface area contributed by atoms with E-state index in [1.54, 1.807) is 10.9 Å². The molecule has 2 aromatic heterocycles. The first-order valence-electron chi connectivity index (χ1n) is 9.94. The number of rotatable bonds is 5. The van der Waals surface area contributed by atoms with Crippen LogP contribution in [0.15, 0.2) is 35.4 Å². The van der Waals surface area contributed by atoms with Gasteiger partial charge in [0.15, 0.2) is 0 Å². The van der Waals surface area contributed by atoms with Crippen LogP contribution in [-0.2, 0) is 19.5 Å². The van der Waals surface area contributed by atoms with Crippen LogP contribution in [0.25, 0.3) is 10.2 Å². The maximum absolute atomic E-state index is 13.2. The molecule has 0 N–H and O–H groups in total. The standard InChI is InChI=1S/C22H25N3O2S/c1-3-4-7-11-25-14-23-20-18(21(25)26)15(2)19(28-20)22(27)24-12-10-16-8-5-6-9-17(16)13-24/h5-6,8-9,14H,3-4,7,10-13H2,1-2H3. The van der Waals surface area contributed by atoms with Crippen LogP contribution in [0.4, 0.5) is 0 Å². The summed E-state index contributed by atoms with van der Waals surface area (Å²) < 4.78 is 1.68. The van der Waals surface area contributed by atoms with Crippen LogP contribution in [0.3, 0.4) is 0 Å². The Hall–Kier alpha value is -2.47. The second-order valence-electron chi connectivity index (χ2n) is 7.43. The Morgan fingerprint density at radius 3 is 2.79 bits per heavy atom. The number of thiophene rings is 1. The Kier molecular flexibility index (Phi) is 5.31. The normalized spacial score (nSPS) is 13.7. The lowest BCUT2D eigenvalue weighted by molar-refractivity contribution is 0.0739. The fourth-order valence-corrected chi connectivity index (χ4v) is 4.97. The van der Waals surface area contributed by atoms with Gasteiger partial charge in [0.05, 0.1) is 16.6 Å². The van der Waals surface area contributed by atoms with Crippen molar-refractivity contribution in [2.24, 2.45) is 0 Å². The maximum Gasteiger partial charge on any atom is 0.264 e. The minimum Gasteiger partial charge on any atom is -0.333 e. The highest BCUT2D eigenvalue weighted by molar-refractivity contribution is 7.20. The van der Waals surface area contributed by atoms with Gasteiger partial charge >= 0.3 is 0 Å². The van der Waals surface area contributed by atoms with Gasteiger partial charge in [-0.2, -0.15) is 0 Å². The Morgan fingerprint density at radius 2 is 2.00 bits per heavy atom. The molecule has 1 aliphatic rings. The van der Waals surface area contributed by atoms with Crippen LogP contribution >= 0.6 is 11.3 Å². The Balaban J connectivity index is 1.64. The minimum absolute atomic E-state index is 0.00642. The number of carbonyl (C=O) groups is 1. The van der Waals surface area contributed by atoms with Gasteiger partial charge in [0.2, 0.25) is 0 Å². The SMILES string of the molecule is CCCCCn1cnc2sc(C(=O)N3CCc4ccccc4C3)c(C)c2c1=O. The minimum atomic E-state index is -0.0297. The molecule has 3 aromatic rings. The van der Waals surface area contributed by atoms with Crippen molar-refractivity contribution in [3.05, 3.63) is 62.5 Å². The highest BCUT2D eigenvalue weighted by Crippen LogP contribution is 2.29. The second-order valence-corrected chi connectivity index (χ2v) is 8.43. The fraction of sp³-hybridized carbons (Fsp3) is 0.409.